The van der Waals surface area contributed by atoms with Crippen LogP contribution in [0.15, 0.2) is 65.6 Å². The van der Waals surface area contributed by atoms with E-state index in [-0.39, 0.29) is 10.8 Å². The van der Waals surface area contributed by atoms with Crippen molar-refractivity contribution in [2.45, 2.75) is 38.5 Å². The number of anilines is 2. The van der Waals surface area contributed by atoms with Crippen molar-refractivity contribution in [3.8, 4) is 0 Å². The minimum absolute atomic E-state index is 0.188. The Balaban J connectivity index is 1.61. The van der Waals surface area contributed by atoms with Crippen LogP contribution >= 0.6 is 0 Å². The molecule has 6 heteroatoms. The first-order chi connectivity index (χ1) is 14.8. The number of carbonyl (C=O) groups is 1. The number of fused-ring (bicyclic) bond motifs is 1. The molecule has 3 aromatic carbocycles. The molecule has 1 aliphatic rings. The summed E-state index contributed by atoms with van der Waals surface area (Å²) in [4.78, 5) is 13.2. The highest BCUT2D eigenvalue weighted by molar-refractivity contribution is 7.92. The van der Waals surface area contributed by atoms with Gasteiger partial charge < -0.3 is 5.32 Å². The molecular weight excluding hydrogens is 408 g/mol. The summed E-state index contributed by atoms with van der Waals surface area (Å²) in [5.74, 6) is -0.188. The van der Waals surface area contributed by atoms with Gasteiger partial charge in [-0.25, -0.2) is 8.42 Å². The number of carbonyl (C=O) groups excluding carboxylic acids is 1. The fourth-order valence-electron chi connectivity index (χ4n) is 3.99. The van der Waals surface area contributed by atoms with Crippen molar-refractivity contribution in [2.24, 2.45) is 0 Å². The average molecular weight is 435 g/mol. The SMILES string of the molecule is CCc1cccc(C)c1NC(=O)c1ccc2c(c1)CCN2S(=O)(=O)c1ccc(C)cc1. The molecule has 0 saturated heterocycles. The monoisotopic (exact) mass is 434 g/mol. The number of benzene rings is 3. The van der Waals surface area contributed by atoms with Gasteiger partial charge in [0.2, 0.25) is 0 Å². The number of para-hydroxylation sites is 1. The zero-order chi connectivity index (χ0) is 22.2. The van der Waals surface area contributed by atoms with Gasteiger partial charge in [-0.2, -0.15) is 0 Å². The van der Waals surface area contributed by atoms with Gasteiger partial charge in [-0.05, 0) is 73.7 Å². The standard InChI is InChI=1S/C25H26N2O3S/c1-4-19-7-5-6-18(3)24(19)26-25(28)21-10-13-23-20(16-21)14-15-27(23)31(29,30)22-11-8-17(2)9-12-22/h5-13,16H,4,14-15H2,1-3H3,(H,26,28). The maximum Gasteiger partial charge on any atom is 0.264 e. The van der Waals surface area contributed by atoms with Crippen LogP contribution in [0.2, 0.25) is 0 Å². The molecule has 1 heterocycles. The van der Waals surface area contributed by atoms with Crippen molar-refractivity contribution in [3.63, 3.8) is 0 Å². The average Bonchev–Trinajstić information content (AvgIpc) is 3.19. The predicted octanol–water partition coefficient (Wildman–Crippen LogP) is 4.87. The van der Waals surface area contributed by atoms with E-state index in [9.17, 15) is 13.2 Å². The van der Waals surface area contributed by atoms with Crippen molar-refractivity contribution in [3.05, 3.63) is 88.5 Å². The summed E-state index contributed by atoms with van der Waals surface area (Å²) in [5, 5.41) is 3.04. The van der Waals surface area contributed by atoms with Crippen LogP contribution in [-0.2, 0) is 22.9 Å². The van der Waals surface area contributed by atoms with Crippen molar-refractivity contribution in [2.75, 3.05) is 16.2 Å². The first-order valence-electron chi connectivity index (χ1n) is 10.4. The van der Waals surface area contributed by atoms with E-state index >= 15 is 0 Å². The van der Waals surface area contributed by atoms with Gasteiger partial charge in [0, 0.05) is 17.8 Å². The molecule has 1 aliphatic heterocycles. The van der Waals surface area contributed by atoms with E-state index in [0.29, 0.717) is 24.2 Å². The van der Waals surface area contributed by atoms with Crippen LogP contribution in [0.4, 0.5) is 11.4 Å². The molecule has 4 rings (SSSR count). The lowest BCUT2D eigenvalue weighted by atomic mass is 10.0. The Bertz CT molecular complexity index is 1250. The van der Waals surface area contributed by atoms with Crippen molar-refractivity contribution in [1.82, 2.24) is 0 Å². The summed E-state index contributed by atoms with van der Waals surface area (Å²) >= 11 is 0. The number of rotatable bonds is 5. The molecule has 0 unspecified atom stereocenters. The molecule has 0 fully saturated rings. The van der Waals surface area contributed by atoms with Crippen LogP contribution in [0, 0.1) is 13.8 Å². The van der Waals surface area contributed by atoms with E-state index in [2.05, 4.69) is 12.2 Å². The van der Waals surface area contributed by atoms with Gasteiger partial charge in [-0.15, -0.1) is 0 Å². The molecule has 0 spiro atoms. The van der Waals surface area contributed by atoms with Crippen LogP contribution in [0.1, 0.15) is 39.5 Å². The molecule has 5 nitrogen and oxygen atoms in total. The number of aryl methyl sites for hydroxylation is 3. The van der Waals surface area contributed by atoms with E-state index in [1.54, 1.807) is 42.5 Å². The smallest absolute Gasteiger partial charge is 0.264 e. The Morgan fingerprint density at radius 2 is 1.77 bits per heavy atom. The highest BCUT2D eigenvalue weighted by Crippen LogP contribution is 2.34. The number of amides is 1. The van der Waals surface area contributed by atoms with E-state index in [1.807, 2.05) is 32.0 Å². The Kier molecular flexibility index (Phi) is 5.58. The molecule has 3 aromatic rings. The molecule has 1 amide bonds. The van der Waals surface area contributed by atoms with Crippen molar-refractivity contribution < 1.29 is 13.2 Å². The third kappa shape index (κ3) is 3.95. The summed E-state index contributed by atoms with van der Waals surface area (Å²) in [6.45, 7) is 6.33. The summed E-state index contributed by atoms with van der Waals surface area (Å²) < 4.78 is 27.7. The number of hydrogen-bond acceptors (Lipinski definition) is 3. The normalized spacial score (nSPS) is 13.2. The maximum atomic E-state index is 13.1. The van der Waals surface area contributed by atoms with E-state index in [1.165, 1.54) is 4.31 Å². The summed E-state index contributed by atoms with van der Waals surface area (Å²) in [6.07, 6.45) is 1.40. The van der Waals surface area contributed by atoms with Crippen molar-refractivity contribution >= 4 is 27.3 Å². The quantitative estimate of drug-likeness (QED) is 0.623. The molecule has 0 saturated carbocycles. The topological polar surface area (TPSA) is 66.5 Å². The molecule has 160 valence electrons. The minimum atomic E-state index is -3.63. The van der Waals surface area contributed by atoms with Gasteiger partial charge >= 0.3 is 0 Å². The third-order valence-electron chi connectivity index (χ3n) is 5.78. The van der Waals surface area contributed by atoms with Gasteiger partial charge in [0.25, 0.3) is 15.9 Å². The molecule has 31 heavy (non-hydrogen) atoms. The Morgan fingerprint density at radius 1 is 1.03 bits per heavy atom. The van der Waals surface area contributed by atoms with Gasteiger partial charge in [-0.1, -0.05) is 42.8 Å². The van der Waals surface area contributed by atoms with E-state index < -0.39 is 10.0 Å². The minimum Gasteiger partial charge on any atom is -0.321 e. The molecule has 0 aliphatic carbocycles. The second kappa shape index (κ2) is 8.19. The predicted molar refractivity (Wildman–Crippen MR) is 124 cm³/mol. The fraction of sp³-hybridized carbons (Fsp3) is 0.240. The lowest BCUT2D eigenvalue weighted by Crippen LogP contribution is -2.29. The zero-order valence-corrected chi connectivity index (χ0v) is 18.8. The highest BCUT2D eigenvalue weighted by atomic mass is 32.2. The molecule has 0 radical (unpaired) electrons. The Hall–Kier alpha value is -3.12. The molecule has 0 aromatic heterocycles. The number of nitrogens with one attached hydrogen (secondary N) is 1. The van der Waals surface area contributed by atoms with Crippen LogP contribution in [-0.4, -0.2) is 20.9 Å². The van der Waals surface area contributed by atoms with Gasteiger partial charge in [0.1, 0.15) is 0 Å². The summed E-state index contributed by atoms with van der Waals surface area (Å²) in [6, 6.07) is 18.1. The van der Waals surface area contributed by atoms with Gasteiger partial charge in [-0.3, -0.25) is 9.10 Å². The molecule has 0 bridgehead atoms. The number of hydrogen-bond donors (Lipinski definition) is 1. The Labute approximate surface area is 183 Å². The number of nitrogens with zero attached hydrogens (tertiary/aromatic N) is 1. The first-order valence-corrected chi connectivity index (χ1v) is 11.9. The zero-order valence-electron chi connectivity index (χ0n) is 18.0. The Morgan fingerprint density at radius 3 is 2.48 bits per heavy atom. The molecule has 0 atom stereocenters. The second-order valence-electron chi connectivity index (χ2n) is 7.90. The summed E-state index contributed by atoms with van der Waals surface area (Å²) in [5.41, 5.74) is 5.99. The van der Waals surface area contributed by atoms with Gasteiger partial charge in [0.05, 0.1) is 10.6 Å². The van der Waals surface area contributed by atoms with Crippen LogP contribution in [0.25, 0.3) is 0 Å². The van der Waals surface area contributed by atoms with Gasteiger partial charge in [0.15, 0.2) is 0 Å². The molecule has 1 N–H and O–H groups in total. The van der Waals surface area contributed by atoms with E-state index in [0.717, 1.165) is 34.4 Å². The van der Waals surface area contributed by atoms with Crippen LogP contribution in [0.5, 0.6) is 0 Å². The summed E-state index contributed by atoms with van der Waals surface area (Å²) in [7, 11) is -3.63. The fourth-order valence-corrected chi connectivity index (χ4v) is 5.49. The lowest BCUT2D eigenvalue weighted by molar-refractivity contribution is 0.102. The highest BCUT2D eigenvalue weighted by Gasteiger charge is 2.31. The van der Waals surface area contributed by atoms with Crippen LogP contribution in [0.3, 0.4) is 0 Å². The second-order valence-corrected chi connectivity index (χ2v) is 9.76. The first kappa shape index (κ1) is 21.1. The van der Waals surface area contributed by atoms with Crippen LogP contribution < -0.4 is 9.62 Å². The van der Waals surface area contributed by atoms with Crippen molar-refractivity contribution in [1.29, 1.82) is 0 Å². The largest absolute Gasteiger partial charge is 0.321 e. The lowest BCUT2D eigenvalue weighted by Gasteiger charge is -2.20. The maximum absolute atomic E-state index is 13.1. The van der Waals surface area contributed by atoms with E-state index in [4.69, 9.17) is 0 Å². The molecular formula is C25H26N2O3S. The third-order valence-corrected chi connectivity index (χ3v) is 7.61. The number of sulfonamides is 1.